The van der Waals surface area contributed by atoms with Crippen LogP contribution in [0.4, 0.5) is 0 Å². The highest BCUT2D eigenvalue weighted by Gasteiger charge is 2.19. The molecular weight excluding hydrogens is 324 g/mol. The van der Waals surface area contributed by atoms with E-state index in [1.165, 1.54) is 22.3 Å². The van der Waals surface area contributed by atoms with Gasteiger partial charge in [0.15, 0.2) is 0 Å². The molecule has 0 saturated heterocycles. The van der Waals surface area contributed by atoms with Gasteiger partial charge in [0, 0.05) is 11.6 Å². The van der Waals surface area contributed by atoms with Gasteiger partial charge in [-0.15, -0.1) is 0 Å². The van der Waals surface area contributed by atoms with Crippen molar-refractivity contribution in [3.8, 4) is 0 Å². The average molecular weight is 350 g/mol. The lowest BCUT2D eigenvalue weighted by Gasteiger charge is -2.15. The molecule has 0 spiro atoms. The zero-order chi connectivity index (χ0) is 18.8. The largest absolute Gasteiger partial charge is 0.461 e. The van der Waals surface area contributed by atoms with Crippen LogP contribution in [0.1, 0.15) is 52.2 Å². The van der Waals surface area contributed by atoms with Crippen molar-refractivity contribution in [2.45, 2.75) is 47.6 Å². The molecule has 136 valence electrons. The highest BCUT2D eigenvalue weighted by molar-refractivity contribution is 5.94. The summed E-state index contributed by atoms with van der Waals surface area (Å²) >= 11 is 0. The lowest BCUT2D eigenvalue weighted by molar-refractivity contribution is 0.0515. The molecular formula is C22H26N2O2. The zero-order valence-corrected chi connectivity index (χ0v) is 16.2. The van der Waals surface area contributed by atoms with E-state index in [0.717, 1.165) is 23.0 Å². The molecule has 0 bridgehead atoms. The van der Waals surface area contributed by atoms with E-state index in [4.69, 9.17) is 4.74 Å². The highest BCUT2D eigenvalue weighted by atomic mass is 16.5. The van der Waals surface area contributed by atoms with Crippen LogP contribution in [0.25, 0.3) is 11.0 Å². The van der Waals surface area contributed by atoms with E-state index in [1.807, 2.05) is 23.8 Å². The van der Waals surface area contributed by atoms with E-state index in [9.17, 15) is 4.79 Å². The van der Waals surface area contributed by atoms with Crippen molar-refractivity contribution in [1.82, 2.24) is 9.55 Å². The smallest absolute Gasteiger partial charge is 0.355 e. The number of aryl methyl sites for hydroxylation is 4. The summed E-state index contributed by atoms with van der Waals surface area (Å²) in [5, 5.41) is 0.981. The number of pyridine rings is 1. The second-order valence-corrected chi connectivity index (χ2v) is 6.82. The first-order valence-electron chi connectivity index (χ1n) is 9.16. The molecule has 0 fully saturated rings. The number of carbonyl (C=O) groups is 1. The van der Waals surface area contributed by atoms with Crippen molar-refractivity contribution in [3.63, 3.8) is 0 Å². The first kappa shape index (κ1) is 18.2. The molecule has 0 aliphatic carbocycles. The molecule has 4 nitrogen and oxygen atoms in total. The van der Waals surface area contributed by atoms with Crippen LogP contribution in [0, 0.1) is 20.8 Å². The number of carbonyl (C=O) groups excluding carboxylic acids is 1. The Morgan fingerprint density at radius 1 is 1.08 bits per heavy atom. The fraction of sp³-hybridized carbons (Fsp3) is 0.364. The third-order valence-electron chi connectivity index (χ3n) is 4.84. The third kappa shape index (κ3) is 3.36. The quantitative estimate of drug-likeness (QED) is 0.624. The predicted molar refractivity (Wildman–Crippen MR) is 105 cm³/mol. The van der Waals surface area contributed by atoms with E-state index >= 15 is 0 Å². The normalized spacial score (nSPS) is 11.1. The van der Waals surface area contributed by atoms with Crippen LogP contribution in [0.5, 0.6) is 0 Å². The van der Waals surface area contributed by atoms with Crippen LogP contribution in [-0.4, -0.2) is 22.1 Å². The van der Waals surface area contributed by atoms with Gasteiger partial charge in [0.2, 0.25) is 0 Å². The van der Waals surface area contributed by atoms with Crippen molar-refractivity contribution in [2.75, 3.05) is 6.61 Å². The highest BCUT2D eigenvalue weighted by Crippen LogP contribution is 2.25. The Labute approximate surface area is 154 Å². The Bertz CT molecular complexity index is 947. The Morgan fingerprint density at radius 3 is 2.38 bits per heavy atom. The van der Waals surface area contributed by atoms with Crippen LogP contribution in [-0.2, 0) is 17.7 Å². The van der Waals surface area contributed by atoms with Crippen molar-refractivity contribution in [3.05, 3.63) is 64.0 Å². The molecule has 0 aliphatic rings. The van der Waals surface area contributed by atoms with Gasteiger partial charge in [-0.3, -0.25) is 0 Å². The molecule has 0 N–H and O–H groups in total. The maximum absolute atomic E-state index is 12.5. The summed E-state index contributed by atoms with van der Waals surface area (Å²) in [5.74, 6) is -0.300. The molecule has 0 radical (unpaired) electrons. The maximum atomic E-state index is 12.5. The molecule has 26 heavy (non-hydrogen) atoms. The minimum absolute atomic E-state index is 0.300. The summed E-state index contributed by atoms with van der Waals surface area (Å²) < 4.78 is 7.27. The molecule has 0 unspecified atom stereocenters. The number of hydrogen-bond acceptors (Lipinski definition) is 3. The van der Waals surface area contributed by atoms with Gasteiger partial charge < -0.3 is 9.30 Å². The van der Waals surface area contributed by atoms with E-state index in [0.29, 0.717) is 18.8 Å². The zero-order valence-electron chi connectivity index (χ0n) is 16.2. The molecule has 0 amide bonds. The number of nitrogens with zero attached hydrogens (tertiary/aromatic N) is 2. The maximum Gasteiger partial charge on any atom is 0.355 e. The minimum atomic E-state index is -0.300. The molecule has 0 atom stereocenters. The molecule has 2 aromatic heterocycles. The standard InChI is InChI=1S/C22H26N2O2/c1-6-17-10-18-11-20(22(25)26-7-2)24(21(18)23-12-17)13-19-15(4)8-14(3)9-16(19)5/h8-12H,6-7,13H2,1-5H3. The number of fused-ring (bicyclic) bond motifs is 1. The summed E-state index contributed by atoms with van der Waals surface area (Å²) in [7, 11) is 0. The number of benzene rings is 1. The summed E-state index contributed by atoms with van der Waals surface area (Å²) in [6.45, 7) is 11.2. The summed E-state index contributed by atoms with van der Waals surface area (Å²) in [5.41, 5.74) is 7.46. The number of esters is 1. The Kier molecular flexibility index (Phi) is 5.12. The second-order valence-electron chi connectivity index (χ2n) is 6.82. The van der Waals surface area contributed by atoms with E-state index in [-0.39, 0.29) is 5.97 Å². The Hall–Kier alpha value is -2.62. The molecule has 1 aromatic carbocycles. The molecule has 3 rings (SSSR count). The molecule has 0 aliphatic heterocycles. The van der Waals surface area contributed by atoms with E-state index in [2.05, 4.69) is 50.9 Å². The van der Waals surface area contributed by atoms with Gasteiger partial charge in [0.05, 0.1) is 13.2 Å². The van der Waals surface area contributed by atoms with Gasteiger partial charge in [-0.05, 0) is 68.5 Å². The van der Waals surface area contributed by atoms with Gasteiger partial charge in [0.25, 0.3) is 0 Å². The first-order valence-corrected chi connectivity index (χ1v) is 9.16. The average Bonchev–Trinajstić information content (AvgIpc) is 2.95. The van der Waals surface area contributed by atoms with Gasteiger partial charge >= 0.3 is 5.97 Å². The van der Waals surface area contributed by atoms with Crippen LogP contribution >= 0.6 is 0 Å². The summed E-state index contributed by atoms with van der Waals surface area (Å²) in [4.78, 5) is 17.2. The number of aromatic nitrogens is 2. The van der Waals surface area contributed by atoms with Crippen LogP contribution in [0.2, 0.25) is 0 Å². The number of rotatable bonds is 5. The minimum Gasteiger partial charge on any atom is -0.461 e. The van der Waals surface area contributed by atoms with Crippen molar-refractivity contribution in [1.29, 1.82) is 0 Å². The van der Waals surface area contributed by atoms with Gasteiger partial charge in [-0.25, -0.2) is 9.78 Å². The van der Waals surface area contributed by atoms with Crippen LogP contribution in [0.3, 0.4) is 0 Å². The van der Waals surface area contributed by atoms with E-state index < -0.39 is 0 Å². The van der Waals surface area contributed by atoms with Crippen molar-refractivity contribution >= 4 is 17.0 Å². The molecule has 2 heterocycles. The summed E-state index contributed by atoms with van der Waals surface area (Å²) in [6.07, 6.45) is 2.81. The van der Waals surface area contributed by atoms with Gasteiger partial charge in [-0.2, -0.15) is 0 Å². The number of hydrogen-bond donors (Lipinski definition) is 0. The van der Waals surface area contributed by atoms with E-state index in [1.54, 1.807) is 0 Å². The fourth-order valence-electron chi connectivity index (χ4n) is 3.54. The Balaban J connectivity index is 2.16. The lowest BCUT2D eigenvalue weighted by Crippen LogP contribution is -2.14. The van der Waals surface area contributed by atoms with Crippen LogP contribution < -0.4 is 0 Å². The van der Waals surface area contributed by atoms with Crippen LogP contribution in [0.15, 0.2) is 30.5 Å². The lowest BCUT2D eigenvalue weighted by atomic mass is 10.00. The van der Waals surface area contributed by atoms with Crippen molar-refractivity contribution < 1.29 is 9.53 Å². The number of ether oxygens (including phenoxy) is 1. The monoisotopic (exact) mass is 350 g/mol. The van der Waals surface area contributed by atoms with Gasteiger partial charge in [-0.1, -0.05) is 24.6 Å². The Morgan fingerprint density at radius 2 is 1.77 bits per heavy atom. The molecule has 0 saturated carbocycles. The molecule has 4 heteroatoms. The third-order valence-corrected chi connectivity index (χ3v) is 4.84. The summed E-state index contributed by atoms with van der Waals surface area (Å²) in [6, 6.07) is 8.37. The molecule has 3 aromatic rings. The predicted octanol–water partition coefficient (Wildman–Crippen LogP) is 4.75. The topological polar surface area (TPSA) is 44.1 Å². The SMILES string of the molecule is CCOC(=O)c1cc2cc(CC)cnc2n1Cc1c(C)cc(C)cc1C. The first-order chi connectivity index (χ1) is 12.4. The second kappa shape index (κ2) is 7.32. The fourth-order valence-corrected chi connectivity index (χ4v) is 3.54. The van der Waals surface area contributed by atoms with Crippen molar-refractivity contribution in [2.24, 2.45) is 0 Å². The van der Waals surface area contributed by atoms with Gasteiger partial charge in [0.1, 0.15) is 11.3 Å².